The molecule has 5 atom stereocenters. The monoisotopic (exact) mass is 1320 g/mol. The molecule has 0 aliphatic carbocycles. The van der Waals surface area contributed by atoms with Crippen LogP contribution in [0.15, 0.2) is 0 Å². The fourth-order valence-corrected chi connectivity index (χ4v) is 12.3. The highest BCUT2D eigenvalue weighted by Gasteiger charge is 2.30. The average Bonchev–Trinajstić information content (AvgIpc) is 2.82. The van der Waals surface area contributed by atoms with E-state index in [2.05, 4.69) is 48.5 Å². The molecule has 19 heteroatoms. The third kappa shape index (κ3) is 64.8. The Bertz CT molecular complexity index is 1770. The number of ether oxygens (including phenoxy) is 4. The van der Waals surface area contributed by atoms with Crippen LogP contribution in [0.25, 0.3) is 0 Å². The van der Waals surface area contributed by atoms with E-state index >= 15 is 0 Å². The van der Waals surface area contributed by atoms with Crippen LogP contribution in [-0.2, 0) is 65.4 Å². The normalized spacial score (nSPS) is 14.2. The van der Waals surface area contributed by atoms with Gasteiger partial charge in [0.15, 0.2) is 12.2 Å². The molecule has 2 unspecified atom stereocenters. The Morgan fingerprint density at radius 3 is 0.756 bits per heavy atom. The molecule has 17 nitrogen and oxygen atoms in total. The second-order valence-corrected chi connectivity index (χ2v) is 30.0. The van der Waals surface area contributed by atoms with E-state index in [1.807, 2.05) is 0 Å². The molecule has 0 spiro atoms. The highest BCUT2D eigenvalue weighted by Crippen LogP contribution is 2.45. The lowest BCUT2D eigenvalue weighted by molar-refractivity contribution is -0.161. The fourth-order valence-electron chi connectivity index (χ4n) is 10.7. The highest BCUT2D eigenvalue weighted by atomic mass is 31.2. The van der Waals surface area contributed by atoms with Gasteiger partial charge in [-0.05, 0) is 43.4 Å². The van der Waals surface area contributed by atoms with Gasteiger partial charge in [-0.2, -0.15) is 0 Å². The Balaban J connectivity index is 5.24. The van der Waals surface area contributed by atoms with Crippen molar-refractivity contribution in [2.75, 3.05) is 39.6 Å². The predicted molar refractivity (Wildman–Crippen MR) is 363 cm³/mol. The zero-order valence-electron chi connectivity index (χ0n) is 58.6. The van der Waals surface area contributed by atoms with Crippen LogP contribution in [0.2, 0.25) is 0 Å². The molecule has 0 saturated carbocycles. The number of hydrogen-bond donors (Lipinski definition) is 3. The number of rotatable bonds is 69. The second-order valence-electron chi connectivity index (χ2n) is 27.1. The molecule has 0 aliphatic heterocycles. The van der Waals surface area contributed by atoms with Gasteiger partial charge in [0.1, 0.15) is 19.3 Å². The molecule has 0 bridgehead atoms. The second kappa shape index (κ2) is 61.9. The van der Waals surface area contributed by atoms with Gasteiger partial charge in [0.25, 0.3) is 0 Å². The summed E-state index contributed by atoms with van der Waals surface area (Å²) in [4.78, 5) is 72.5. The third-order valence-electron chi connectivity index (χ3n) is 16.4. The fraction of sp³-hybridized carbons (Fsp3) is 0.944. The van der Waals surface area contributed by atoms with Gasteiger partial charge >= 0.3 is 39.5 Å². The van der Waals surface area contributed by atoms with Gasteiger partial charge in [-0.15, -0.1) is 0 Å². The molecule has 0 aromatic carbocycles. The number of aliphatic hydroxyl groups excluding tert-OH is 1. The molecular formula is C71H138O17P2. The molecule has 0 rings (SSSR count). The Morgan fingerprint density at radius 1 is 0.300 bits per heavy atom. The molecule has 534 valence electrons. The van der Waals surface area contributed by atoms with Crippen LogP contribution in [-0.4, -0.2) is 96.7 Å². The summed E-state index contributed by atoms with van der Waals surface area (Å²) in [6.45, 7) is 11.8. The first kappa shape index (κ1) is 88.1. The quantitative estimate of drug-likeness (QED) is 0.0222. The summed E-state index contributed by atoms with van der Waals surface area (Å²) in [5.74, 6) is 0.0604. The Labute approximate surface area is 549 Å². The van der Waals surface area contributed by atoms with E-state index in [9.17, 15) is 43.2 Å². The summed E-state index contributed by atoms with van der Waals surface area (Å²) in [6, 6.07) is 0. The van der Waals surface area contributed by atoms with Crippen LogP contribution in [0.5, 0.6) is 0 Å². The zero-order valence-corrected chi connectivity index (χ0v) is 60.4. The number of aliphatic hydroxyl groups is 1. The lowest BCUT2D eigenvalue weighted by atomic mass is 10.0. The first-order valence-corrected chi connectivity index (χ1v) is 39.8. The number of phosphoric acid groups is 2. The van der Waals surface area contributed by atoms with Crippen LogP contribution in [0, 0.1) is 17.8 Å². The van der Waals surface area contributed by atoms with E-state index in [1.54, 1.807) is 0 Å². The SMILES string of the molecule is CCCCCCCCCCCCCCCCC(=O)OC[C@H](COP(=O)(O)OC[C@@H](O)COP(=O)(O)OC[C@@H](COC(=O)CCCCCCCCCC(C)C)OC(=O)CCCCCCCCCC(C)C)OC(=O)CCCCCCCCCCCCCCCC(C)C. The molecule has 0 saturated heterocycles. The average molecular weight is 1330 g/mol. The maximum atomic E-state index is 13.0. The van der Waals surface area contributed by atoms with E-state index in [0.717, 1.165) is 102 Å². The van der Waals surface area contributed by atoms with Crippen molar-refractivity contribution in [2.45, 2.75) is 375 Å². The Morgan fingerprint density at radius 2 is 0.511 bits per heavy atom. The summed E-state index contributed by atoms with van der Waals surface area (Å²) < 4.78 is 68.3. The summed E-state index contributed by atoms with van der Waals surface area (Å²) >= 11 is 0. The van der Waals surface area contributed by atoms with Gasteiger partial charge in [0.05, 0.1) is 26.4 Å². The number of esters is 4. The molecule has 0 amide bonds. The van der Waals surface area contributed by atoms with Crippen molar-refractivity contribution in [1.29, 1.82) is 0 Å². The molecule has 0 aliphatic rings. The van der Waals surface area contributed by atoms with Gasteiger partial charge in [0, 0.05) is 25.7 Å². The predicted octanol–water partition coefficient (Wildman–Crippen LogP) is 20.2. The van der Waals surface area contributed by atoms with Crippen molar-refractivity contribution in [3.05, 3.63) is 0 Å². The number of phosphoric ester groups is 2. The van der Waals surface area contributed by atoms with E-state index in [-0.39, 0.29) is 25.7 Å². The van der Waals surface area contributed by atoms with E-state index in [4.69, 9.17) is 37.0 Å². The molecule has 0 aromatic rings. The Hall–Kier alpha value is -1.94. The summed E-state index contributed by atoms with van der Waals surface area (Å²) in [7, 11) is -9.90. The standard InChI is InChI=1S/C71H138O17P2/c1-8-9-10-11-12-13-14-15-18-21-24-31-38-45-52-68(73)81-58-66(87-70(75)54-47-40-32-25-22-19-16-17-20-23-28-35-42-49-62(2)3)60-85-89(77,78)83-56-65(72)57-84-90(79,80)86-61-67(88-71(76)55-48-41-34-27-30-37-44-51-64(6)7)59-82-69(74)53-46-39-33-26-29-36-43-50-63(4)5/h62-67,72H,8-61H2,1-7H3,(H,77,78)(H,79,80)/t65-,66-,67-/m1/s1. The number of hydrogen-bond acceptors (Lipinski definition) is 15. The number of unbranched alkanes of at least 4 members (excludes halogenated alkanes) is 37. The van der Waals surface area contributed by atoms with E-state index in [1.165, 1.54) is 161 Å². The molecule has 0 radical (unpaired) electrons. The van der Waals surface area contributed by atoms with Crippen molar-refractivity contribution < 1.29 is 80.2 Å². The molecule has 0 fully saturated rings. The van der Waals surface area contributed by atoms with Gasteiger partial charge < -0.3 is 33.8 Å². The van der Waals surface area contributed by atoms with Crippen LogP contribution in [0.3, 0.4) is 0 Å². The third-order valence-corrected chi connectivity index (χ3v) is 18.3. The minimum atomic E-state index is -4.95. The van der Waals surface area contributed by atoms with Gasteiger partial charge in [0.2, 0.25) is 0 Å². The van der Waals surface area contributed by atoms with Crippen LogP contribution in [0.1, 0.15) is 357 Å². The minimum Gasteiger partial charge on any atom is -0.462 e. The van der Waals surface area contributed by atoms with Crippen molar-refractivity contribution in [1.82, 2.24) is 0 Å². The summed E-state index contributed by atoms with van der Waals surface area (Å²) in [6.07, 6.45) is 46.0. The zero-order chi connectivity index (χ0) is 66.6. The molecule has 90 heavy (non-hydrogen) atoms. The van der Waals surface area contributed by atoms with Crippen molar-refractivity contribution >= 4 is 39.5 Å². The number of carbonyl (C=O) groups excluding carboxylic acids is 4. The molecule has 0 aromatic heterocycles. The smallest absolute Gasteiger partial charge is 0.462 e. The molecule has 3 N–H and O–H groups in total. The summed E-state index contributed by atoms with van der Waals surface area (Å²) in [5, 5.41) is 10.6. The maximum Gasteiger partial charge on any atom is 0.472 e. The van der Waals surface area contributed by atoms with Crippen molar-refractivity contribution in [2.24, 2.45) is 17.8 Å². The van der Waals surface area contributed by atoms with Gasteiger partial charge in [-0.3, -0.25) is 37.3 Å². The first-order chi connectivity index (χ1) is 43.2. The summed E-state index contributed by atoms with van der Waals surface area (Å²) in [5.41, 5.74) is 0. The molecule has 0 heterocycles. The van der Waals surface area contributed by atoms with Crippen LogP contribution >= 0.6 is 15.6 Å². The van der Waals surface area contributed by atoms with E-state index < -0.39 is 97.5 Å². The first-order valence-electron chi connectivity index (χ1n) is 36.8. The lowest BCUT2D eigenvalue weighted by Crippen LogP contribution is -2.30. The number of carbonyl (C=O) groups is 4. The topological polar surface area (TPSA) is 237 Å². The highest BCUT2D eigenvalue weighted by molar-refractivity contribution is 7.47. The largest absolute Gasteiger partial charge is 0.472 e. The van der Waals surface area contributed by atoms with Crippen molar-refractivity contribution in [3.63, 3.8) is 0 Å². The van der Waals surface area contributed by atoms with Crippen LogP contribution < -0.4 is 0 Å². The van der Waals surface area contributed by atoms with Crippen LogP contribution in [0.4, 0.5) is 0 Å². The van der Waals surface area contributed by atoms with Gasteiger partial charge in [-0.25, -0.2) is 9.13 Å². The lowest BCUT2D eigenvalue weighted by Gasteiger charge is -2.21. The maximum absolute atomic E-state index is 13.0. The van der Waals surface area contributed by atoms with Gasteiger partial charge in [-0.1, -0.05) is 305 Å². The van der Waals surface area contributed by atoms with E-state index in [0.29, 0.717) is 37.5 Å². The Kier molecular flexibility index (Phi) is 60.6. The molecular weight excluding hydrogens is 1190 g/mol. The van der Waals surface area contributed by atoms with Crippen molar-refractivity contribution in [3.8, 4) is 0 Å². The minimum absolute atomic E-state index is 0.103.